The summed E-state index contributed by atoms with van der Waals surface area (Å²) in [6.07, 6.45) is 5.18. The summed E-state index contributed by atoms with van der Waals surface area (Å²) in [4.78, 5) is 49.8. The Balaban J connectivity index is 1.20. The number of amides is 1. The maximum absolute atomic E-state index is 12.8. The van der Waals surface area contributed by atoms with Gasteiger partial charge in [-0.2, -0.15) is 0 Å². The molecule has 6 heteroatoms. The number of hydrogen-bond donors (Lipinski definition) is 1. The number of esters is 1. The van der Waals surface area contributed by atoms with Crippen molar-refractivity contribution in [2.24, 2.45) is 17.8 Å². The zero-order valence-corrected chi connectivity index (χ0v) is 17.1. The fourth-order valence-corrected chi connectivity index (χ4v) is 5.42. The largest absolute Gasteiger partial charge is 0.456 e. The zero-order valence-electron chi connectivity index (χ0n) is 17.1. The van der Waals surface area contributed by atoms with E-state index < -0.39 is 5.91 Å². The van der Waals surface area contributed by atoms with Gasteiger partial charge in [-0.3, -0.25) is 19.2 Å². The second-order valence-corrected chi connectivity index (χ2v) is 8.81. The Bertz CT molecular complexity index is 1100. The molecule has 0 spiro atoms. The molecule has 0 heterocycles. The number of hydrogen-bond acceptors (Lipinski definition) is 5. The van der Waals surface area contributed by atoms with Crippen LogP contribution in [0.25, 0.3) is 0 Å². The van der Waals surface area contributed by atoms with E-state index in [0.717, 1.165) is 12.3 Å². The lowest BCUT2D eigenvalue weighted by Gasteiger charge is -2.20. The Kier molecular flexibility index (Phi) is 4.93. The van der Waals surface area contributed by atoms with Gasteiger partial charge in [-0.15, -0.1) is 0 Å². The van der Waals surface area contributed by atoms with E-state index >= 15 is 0 Å². The minimum atomic E-state index is -0.476. The molecule has 0 saturated heterocycles. The SMILES string of the molecule is O=C(COC(=O)C[C@@H]1C[C@H]2CC[C@@H]1C2)Nc1ccc2c(c1)C(=O)c1ccccc1C2=O. The molecule has 2 aromatic rings. The molecule has 31 heavy (non-hydrogen) atoms. The van der Waals surface area contributed by atoms with Gasteiger partial charge in [0.05, 0.1) is 0 Å². The number of carbonyl (C=O) groups is 4. The van der Waals surface area contributed by atoms with Gasteiger partial charge in [0.25, 0.3) is 5.91 Å². The van der Waals surface area contributed by atoms with Gasteiger partial charge in [-0.25, -0.2) is 0 Å². The standard InChI is InChI=1S/C25H23NO5/c27-22(13-31-23(28)11-16-10-14-5-6-15(16)9-14)26-17-7-8-20-21(12-17)25(30)19-4-2-1-3-18(19)24(20)29/h1-4,7-8,12,14-16H,5-6,9-11,13H2,(H,26,27)/t14-,15+,16-/m0/s1. The van der Waals surface area contributed by atoms with E-state index in [4.69, 9.17) is 4.74 Å². The highest BCUT2D eigenvalue weighted by molar-refractivity contribution is 6.28. The number of ketones is 2. The first-order valence-corrected chi connectivity index (χ1v) is 10.8. The summed E-state index contributed by atoms with van der Waals surface area (Å²) in [5.41, 5.74) is 1.71. The zero-order chi connectivity index (χ0) is 21.5. The molecule has 3 atom stereocenters. The number of nitrogens with one attached hydrogen (secondary N) is 1. The minimum absolute atomic E-state index is 0.211. The van der Waals surface area contributed by atoms with Crippen LogP contribution >= 0.6 is 0 Å². The van der Waals surface area contributed by atoms with Crippen LogP contribution in [0.1, 0.15) is 63.9 Å². The quantitative estimate of drug-likeness (QED) is 0.639. The number of rotatable bonds is 5. The van der Waals surface area contributed by atoms with Gasteiger partial charge in [0.1, 0.15) is 0 Å². The van der Waals surface area contributed by atoms with Crippen LogP contribution in [0.15, 0.2) is 42.5 Å². The summed E-state index contributed by atoms with van der Waals surface area (Å²) in [6.45, 7) is -0.369. The van der Waals surface area contributed by atoms with Crippen molar-refractivity contribution in [3.63, 3.8) is 0 Å². The normalized spacial score (nSPS) is 23.3. The van der Waals surface area contributed by atoms with Crippen molar-refractivity contribution in [2.75, 3.05) is 11.9 Å². The summed E-state index contributed by atoms with van der Waals surface area (Å²) in [5.74, 6) is 0.508. The molecule has 3 aliphatic carbocycles. The van der Waals surface area contributed by atoms with Crippen LogP contribution in [-0.4, -0.2) is 30.0 Å². The van der Waals surface area contributed by atoms with Crippen LogP contribution in [0.5, 0.6) is 0 Å². The molecule has 0 aromatic heterocycles. The van der Waals surface area contributed by atoms with E-state index in [2.05, 4.69) is 5.32 Å². The van der Waals surface area contributed by atoms with Crippen molar-refractivity contribution in [3.05, 3.63) is 64.7 Å². The number of ether oxygens (including phenoxy) is 1. The average Bonchev–Trinajstić information content (AvgIpc) is 3.39. The summed E-state index contributed by atoms with van der Waals surface area (Å²) in [5, 5.41) is 2.65. The first-order valence-electron chi connectivity index (χ1n) is 10.8. The van der Waals surface area contributed by atoms with E-state index in [-0.39, 0.29) is 29.7 Å². The maximum Gasteiger partial charge on any atom is 0.306 e. The second kappa shape index (κ2) is 7.76. The van der Waals surface area contributed by atoms with Gasteiger partial charge in [0.15, 0.2) is 18.2 Å². The number of carbonyl (C=O) groups excluding carboxylic acids is 4. The first kappa shape index (κ1) is 19.7. The molecule has 1 amide bonds. The molecule has 2 aromatic carbocycles. The van der Waals surface area contributed by atoms with Crippen molar-refractivity contribution < 1.29 is 23.9 Å². The fraction of sp³-hybridized carbons (Fsp3) is 0.360. The first-order chi connectivity index (χ1) is 15.0. The Hall–Kier alpha value is -3.28. The molecule has 0 unspecified atom stereocenters. The summed E-state index contributed by atoms with van der Waals surface area (Å²) >= 11 is 0. The number of benzene rings is 2. The Labute approximate surface area is 180 Å². The number of anilines is 1. The van der Waals surface area contributed by atoms with Crippen LogP contribution in [0.4, 0.5) is 5.69 Å². The molecular formula is C25H23NO5. The molecular weight excluding hydrogens is 394 g/mol. The Morgan fingerprint density at radius 2 is 1.61 bits per heavy atom. The van der Waals surface area contributed by atoms with Crippen LogP contribution in [-0.2, 0) is 14.3 Å². The second-order valence-electron chi connectivity index (χ2n) is 8.81. The van der Waals surface area contributed by atoms with Crippen LogP contribution in [0.3, 0.4) is 0 Å². The molecule has 2 fully saturated rings. The van der Waals surface area contributed by atoms with Crippen molar-refractivity contribution in [2.45, 2.75) is 32.1 Å². The summed E-state index contributed by atoms with van der Waals surface area (Å²) in [7, 11) is 0. The lowest BCUT2D eigenvalue weighted by Crippen LogP contribution is -2.24. The predicted octanol–water partition coefficient (Wildman–Crippen LogP) is 3.77. The van der Waals surface area contributed by atoms with Gasteiger partial charge in [-0.1, -0.05) is 30.7 Å². The third kappa shape index (κ3) is 3.67. The molecule has 3 aliphatic rings. The third-order valence-corrected chi connectivity index (χ3v) is 6.89. The van der Waals surface area contributed by atoms with Gasteiger partial charge in [0.2, 0.25) is 0 Å². The predicted molar refractivity (Wildman–Crippen MR) is 113 cm³/mol. The topological polar surface area (TPSA) is 89.5 Å². The van der Waals surface area contributed by atoms with E-state index in [1.165, 1.54) is 25.3 Å². The van der Waals surface area contributed by atoms with Gasteiger partial charge >= 0.3 is 5.97 Å². The highest BCUT2D eigenvalue weighted by Gasteiger charge is 2.40. The molecule has 6 nitrogen and oxygen atoms in total. The minimum Gasteiger partial charge on any atom is -0.456 e. The third-order valence-electron chi connectivity index (χ3n) is 6.89. The van der Waals surface area contributed by atoms with E-state index in [0.29, 0.717) is 40.6 Å². The summed E-state index contributed by atoms with van der Waals surface area (Å²) < 4.78 is 5.17. The smallest absolute Gasteiger partial charge is 0.306 e. The molecule has 158 valence electrons. The average molecular weight is 417 g/mol. The van der Waals surface area contributed by atoms with E-state index in [1.807, 2.05) is 0 Å². The van der Waals surface area contributed by atoms with Gasteiger partial charge < -0.3 is 10.1 Å². The molecule has 5 rings (SSSR count). The summed E-state index contributed by atoms with van der Waals surface area (Å²) in [6, 6.07) is 11.3. The van der Waals surface area contributed by atoms with Crippen molar-refractivity contribution in [3.8, 4) is 0 Å². The van der Waals surface area contributed by atoms with Crippen molar-refractivity contribution >= 4 is 29.1 Å². The lowest BCUT2D eigenvalue weighted by atomic mass is 9.84. The Morgan fingerprint density at radius 1 is 0.903 bits per heavy atom. The number of fused-ring (bicyclic) bond motifs is 4. The van der Waals surface area contributed by atoms with Crippen LogP contribution in [0, 0.1) is 17.8 Å². The lowest BCUT2D eigenvalue weighted by molar-refractivity contribution is -0.148. The van der Waals surface area contributed by atoms with Crippen LogP contribution in [0.2, 0.25) is 0 Å². The highest BCUT2D eigenvalue weighted by Crippen LogP contribution is 2.49. The van der Waals surface area contributed by atoms with Crippen molar-refractivity contribution in [1.29, 1.82) is 0 Å². The van der Waals surface area contributed by atoms with Gasteiger partial charge in [0, 0.05) is 34.4 Å². The van der Waals surface area contributed by atoms with Crippen molar-refractivity contribution in [1.82, 2.24) is 0 Å². The van der Waals surface area contributed by atoms with E-state index in [1.54, 1.807) is 36.4 Å². The fourth-order valence-electron chi connectivity index (χ4n) is 5.42. The molecule has 2 bridgehead atoms. The maximum atomic E-state index is 12.8. The monoisotopic (exact) mass is 417 g/mol. The molecule has 0 radical (unpaired) electrons. The van der Waals surface area contributed by atoms with Gasteiger partial charge in [-0.05, 0) is 55.2 Å². The molecule has 1 N–H and O–H groups in total. The Morgan fingerprint density at radius 3 is 2.29 bits per heavy atom. The van der Waals surface area contributed by atoms with E-state index in [9.17, 15) is 19.2 Å². The van der Waals surface area contributed by atoms with Crippen LogP contribution < -0.4 is 5.32 Å². The molecule has 0 aliphatic heterocycles. The molecule has 2 saturated carbocycles. The highest BCUT2D eigenvalue weighted by atomic mass is 16.5.